The molecular weight excluding hydrogens is 200 g/mol. The molecule has 1 amide bonds. The lowest BCUT2D eigenvalue weighted by Crippen LogP contribution is -2.50. The zero-order valence-electron chi connectivity index (χ0n) is 10.3. The molecule has 0 radical (unpaired) electrons. The molecule has 0 aromatic carbocycles. The van der Waals surface area contributed by atoms with Gasteiger partial charge in [-0.2, -0.15) is 0 Å². The molecule has 92 valence electrons. The van der Waals surface area contributed by atoms with Gasteiger partial charge in [0.25, 0.3) is 0 Å². The number of piperidine rings is 1. The fourth-order valence-corrected chi connectivity index (χ4v) is 2.78. The molecule has 2 fully saturated rings. The standard InChI is InChI=1S/C13H24N2O/c1-10-5-7-11(8-6-10)15-13(16)12-4-2-3-9-14-12/h10-12,14H,2-9H2,1H3,(H,15,16)/t10?,11?,12-/m0/s1. The minimum absolute atomic E-state index is 0.0769. The molecule has 16 heavy (non-hydrogen) atoms. The van der Waals surface area contributed by atoms with Crippen molar-refractivity contribution in [3.8, 4) is 0 Å². The molecule has 0 spiro atoms. The van der Waals surface area contributed by atoms with E-state index in [1.165, 1.54) is 38.5 Å². The Labute approximate surface area is 98.4 Å². The van der Waals surface area contributed by atoms with Gasteiger partial charge in [0.1, 0.15) is 0 Å². The van der Waals surface area contributed by atoms with E-state index in [2.05, 4.69) is 17.6 Å². The first-order valence-corrected chi connectivity index (χ1v) is 6.79. The first kappa shape index (κ1) is 11.9. The summed E-state index contributed by atoms with van der Waals surface area (Å²) < 4.78 is 0. The van der Waals surface area contributed by atoms with Gasteiger partial charge in [-0.05, 0) is 51.0 Å². The van der Waals surface area contributed by atoms with Crippen LogP contribution in [-0.2, 0) is 4.79 Å². The van der Waals surface area contributed by atoms with Gasteiger partial charge in [-0.25, -0.2) is 0 Å². The molecule has 1 saturated heterocycles. The predicted molar refractivity (Wildman–Crippen MR) is 65.2 cm³/mol. The van der Waals surface area contributed by atoms with Crippen LogP contribution in [-0.4, -0.2) is 24.5 Å². The first-order valence-electron chi connectivity index (χ1n) is 6.79. The number of nitrogens with one attached hydrogen (secondary N) is 2. The van der Waals surface area contributed by atoms with Crippen molar-refractivity contribution >= 4 is 5.91 Å². The number of rotatable bonds is 2. The van der Waals surface area contributed by atoms with Crippen molar-refractivity contribution in [2.45, 2.75) is 64.0 Å². The van der Waals surface area contributed by atoms with E-state index < -0.39 is 0 Å². The Kier molecular flexibility index (Phi) is 4.22. The topological polar surface area (TPSA) is 41.1 Å². The maximum atomic E-state index is 12.0. The first-order chi connectivity index (χ1) is 7.75. The van der Waals surface area contributed by atoms with Gasteiger partial charge in [0.15, 0.2) is 0 Å². The lowest BCUT2D eigenvalue weighted by atomic mass is 9.87. The second-order valence-corrected chi connectivity index (χ2v) is 5.47. The number of hydrogen-bond acceptors (Lipinski definition) is 2. The van der Waals surface area contributed by atoms with Gasteiger partial charge in [0, 0.05) is 6.04 Å². The molecule has 2 aliphatic rings. The van der Waals surface area contributed by atoms with Crippen LogP contribution in [0.15, 0.2) is 0 Å². The average Bonchev–Trinajstić information content (AvgIpc) is 2.33. The molecular formula is C13H24N2O. The van der Waals surface area contributed by atoms with E-state index in [9.17, 15) is 4.79 Å². The Bertz CT molecular complexity index is 228. The van der Waals surface area contributed by atoms with Crippen molar-refractivity contribution < 1.29 is 4.79 Å². The summed E-state index contributed by atoms with van der Waals surface area (Å²) in [5.74, 6) is 1.08. The Morgan fingerprint density at radius 1 is 1.12 bits per heavy atom. The summed E-state index contributed by atoms with van der Waals surface area (Å²) >= 11 is 0. The van der Waals surface area contributed by atoms with Crippen LogP contribution in [0.4, 0.5) is 0 Å². The molecule has 0 bridgehead atoms. The predicted octanol–water partition coefficient (Wildman–Crippen LogP) is 1.82. The fourth-order valence-electron chi connectivity index (χ4n) is 2.78. The summed E-state index contributed by atoms with van der Waals surface area (Å²) in [6, 6.07) is 0.514. The summed E-state index contributed by atoms with van der Waals surface area (Å²) in [7, 11) is 0. The highest BCUT2D eigenvalue weighted by molar-refractivity contribution is 5.82. The molecule has 3 heteroatoms. The van der Waals surface area contributed by atoms with Crippen LogP contribution in [0.5, 0.6) is 0 Å². The average molecular weight is 224 g/mol. The van der Waals surface area contributed by atoms with Crippen molar-refractivity contribution in [1.82, 2.24) is 10.6 Å². The van der Waals surface area contributed by atoms with Gasteiger partial charge in [-0.15, -0.1) is 0 Å². The van der Waals surface area contributed by atoms with Crippen molar-refractivity contribution in [2.75, 3.05) is 6.54 Å². The van der Waals surface area contributed by atoms with Crippen LogP contribution in [0.1, 0.15) is 51.9 Å². The highest BCUT2D eigenvalue weighted by atomic mass is 16.2. The summed E-state index contributed by atoms with van der Waals surface area (Å²) in [6.45, 7) is 3.31. The molecule has 1 aliphatic carbocycles. The zero-order chi connectivity index (χ0) is 11.4. The molecule has 0 unspecified atom stereocenters. The van der Waals surface area contributed by atoms with Crippen LogP contribution in [0.25, 0.3) is 0 Å². The van der Waals surface area contributed by atoms with Crippen molar-refractivity contribution in [3.05, 3.63) is 0 Å². The van der Waals surface area contributed by atoms with Gasteiger partial charge in [0.2, 0.25) is 5.91 Å². The van der Waals surface area contributed by atoms with E-state index in [1.807, 2.05) is 0 Å². The largest absolute Gasteiger partial charge is 0.352 e. The smallest absolute Gasteiger partial charge is 0.237 e. The Balaban J connectivity index is 1.73. The van der Waals surface area contributed by atoms with Gasteiger partial charge in [0.05, 0.1) is 6.04 Å². The molecule has 0 aromatic heterocycles. The summed E-state index contributed by atoms with van der Waals surface area (Å²) in [5.41, 5.74) is 0. The quantitative estimate of drug-likeness (QED) is 0.751. The summed E-state index contributed by atoms with van der Waals surface area (Å²) in [5, 5.41) is 6.51. The lowest BCUT2D eigenvalue weighted by Gasteiger charge is -2.30. The molecule has 2 rings (SSSR count). The minimum atomic E-state index is 0.0769. The number of amides is 1. The number of hydrogen-bond donors (Lipinski definition) is 2. The lowest BCUT2D eigenvalue weighted by molar-refractivity contribution is -0.124. The van der Waals surface area contributed by atoms with Crippen molar-refractivity contribution in [2.24, 2.45) is 5.92 Å². The van der Waals surface area contributed by atoms with Crippen LogP contribution in [0.2, 0.25) is 0 Å². The Hall–Kier alpha value is -0.570. The van der Waals surface area contributed by atoms with E-state index >= 15 is 0 Å². The van der Waals surface area contributed by atoms with Crippen molar-refractivity contribution in [1.29, 1.82) is 0 Å². The van der Waals surface area contributed by atoms with Gasteiger partial charge >= 0.3 is 0 Å². The van der Waals surface area contributed by atoms with Gasteiger partial charge in [-0.1, -0.05) is 13.3 Å². The van der Waals surface area contributed by atoms with E-state index in [1.54, 1.807) is 0 Å². The molecule has 1 heterocycles. The van der Waals surface area contributed by atoms with Gasteiger partial charge in [-0.3, -0.25) is 4.79 Å². The monoisotopic (exact) mass is 224 g/mol. The SMILES string of the molecule is CC1CCC(NC(=O)[C@@H]2CCCCN2)CC1. The maximum absolute atomic E-state index is 12.0. The highest BCUT2D eigenvalue weighted by Crippen LogP contribution is 2.23. The third-order valence-corrected chi connectivity index (χ3v) is 3.99. The maximum Gasteiger partial charge on any atom is 0.237 e. The summed E-state index contributed by atoms with van der Waals surface area (Å²) in [6.07, 6.45) is 8.28. The number of carbonyl (C=O) groups excluding carboxylic acids is 1. The summed E-state index contributed by atoms with van der Waals surface area (Å²) in [4.78, 5) is 12.0. The molecule has 1 aliphatic heterocycles. The van der Waals surface area contributed by atoms with Crippen LogP contribution in [0, 0.1) is 5.92 Å². The molecule has 3 nitrogen and oxygen atoms in total. The third kappa shape index (κ3) is 3.21. The number of carbonyl (C=O) groups is 1. The minimum Gasteiger partial charge on any atom is -0.352 e. The van der Waals surface area contributed by atoms with Gasteiger partial charge < -0.3 is 10.6 Å². The molecule has 2 N–H and O–H groups in total. The second-order valence-electron chi connectivity index (χ2n) is 5.47. The van der Waals surface area contributed by atoms with E-state index in [0.717, 1.165) is 18.9 Å². The molecule has 1 saturated carbocycles. The third-order valence-electron chi connectivity index (χ3n) is 3.99. The zero-order valence-corrected chi connectivity index (χ0v) is 10.3. The van der Waals surface area contributed by atoms with Crippen LogP contribution < -0.4 is 10.6 Å². The second kappa shape index (κ2) is 5.67. The van der Waals surface area contributed by atoms with E-state index in [0.29, 0.717) is 6.04 Å². The fraction of sp³-hybridized carbons (Fsp3) is 0.923. The Morgan fingerprint density at radius 3 is 2.50 bits per heavy atom. The van der Waals surface area contributed by atoms with E-state index in [4.69, 9.17) is 0 Å². The molecule has 0 aromatic rings. The van der Waals surface area contributed by atoms with Crippen LogP contribution >= 0.6 is 0 Å². The molecule has 1 atom stereocenters. The van der Waals surface area contributed by atoms with Crippen LogP contribution in [0.3, 0.4) is 0 Å². The Morgan fingerprint density at radius 2 is 1.88 bits per heavy atom. The van der Waals surface area contributed by atoms with E-state index in [-0.39, 0.29) is 11.9 Å². The normalized spacial score (nSPS) is 35.7. The van der Waals surface area contributed by atoms with Crippen molar-refractivity contribution in [3.63, 3.8) is 0 Å². The highest BCUT2D eigenvalue weighted by Gasteiger charge is 2.24.